The molecule has 16 nitrogen and oxygen atoms in total. The molecule has 10 aromatic rings. The highest BCUT2D eigenvalue weighted by Gasteiger charge is 2.40. The zero-order chi connectivity index (χ0) is 80.5. The molecular weight excluding hydrogens is 1640 g/mol. The van der Waals surface area contributed by atoms with Crippen LogP contribution in [0.5, 0.6) is 0 Å². The van der Waals surface area contributed by atoms with Crippen LogP contribution in [0.4, 0.5) is 17.1 Å². The summed E-state index contributed by atoms with van der Waals surface area (Å²) in [5.74, 6) is 0.196. The van der Waals surface area contributed by atoms with Crippen molar-refractivity contribution in [3.8, 4) is 11.4 Å². The summed E-state index contributed by atoms with van der Waals surface area (Å²) in [5, 5.41) is 7.15. The summed E-state index contributed by atoms with van der Waals surface area (Å²) in [4.78, 5) is 93.4. The number of ketones is 4. The monoisotopic (exact) mass is 1710 g/mol. The predicted molar refractivity (Wildman–Crippen MR) is 466 cm³/mol. The molecule has 1 fully saturated rings. The first-order valence-corrected chi connectivity index (χ1v) is 42.3. The lowest BCUT2D eigenvalue weighted by Gasteiger charge is -2.29. The minimum Gasteiger partial charge on any atom is -0.458 e. The molecule has 0 atom stereocenters. The Kier molecular flexibility index (Phi) is 29.2. The molecule has 0 bridgehead atoms. The van der Waals surface area contributed by atoms with Crippen LogP contribution in [0.25, 0.3) is 17.5 Å². The number of fused-ring (bicyclic) bond motifs is 5. The van der Waals surface area contributed by atoms with Gasteiger partial charge in [-0.15, -0.1) is 11.8 Å². The van der Waals surface area contributed by atoms with Crippen molar-refractivity contribution < 1.29 is 38.3 Å². The van der Waals surface area contributed by atoms with Crippen molar-refractivity contribution in [3.05, 3.63) is 326 Å². The Bertz CT molecular complexity index is 5250. The molecule has 1 saturated heterocycles. The van der Waals surface area contributed by atoms with E-state index in [0.717, 1.165) is 105 Å². The van der Waals surface area contributed by atoms with Gasteiger partial charge in [-0.3, -0.25) is 19.2 Å². The van der Waals surface area contributed by atoms with E-state index in [1.54, 1.807) is 83.8 Å². The van der Waals surface area contributed by atoms with E-state index >= 15 is 0 Å². The average Bonchev–Trinajstić information content (AvgIpc) is 1.59. The zero-order valence-corrected chi connectivity index (χ0v) is 70.1. The molecule has 4 aliphatic heterocycles. The fraction of sp³-hybridized carbons (Fsp3) is 0.193. The number of esters is 1. The number of carbonyl (C=O) groups is 5. The number of Topliss-reactive ketones (excluding diaryl/α,β-unsaturated/α-hetero) is 3. The Labute approximate surface area is 709 Å². The highest BCUT2D eigenvalue weighted by atomic mass is 35.6. The first-order chi connectivity index (χ1) is 55.2. The third kappa shape index (κ3) is 20.6. The second kappa shape index (κ2) is 39.5. The lowest BCUT2D eigenvalue weighted by Crippen LogP contribution is -2.41. The number of amidine groups is 1. The molecule has 6 aliphatic rings. The fourth-order valence-corrected chi connectivity index (χ4v) is 17.4. The Morgan fingerprint density at radius 2 is 1.05 bits per heavy atom. The van der Waals surface area contributed by atoms with E-state index in [0.29, 0.717) is 41.3 Å². The molecule has 0 unspecified atom stereocenters. The van der Waals surface area contributed by atoms with E-state index in [2.05, 4.69) is 103 Å². The number of hydrogen-bond donors (Lipinski definition) is 0. The predicted octanol–water partition coefficient (Wildman–Crippen LogP) is 21.9. The second-order valence-corrected chi connectivity index (χ2v) is 34.2. The minimum atomic E-state index is -1.85. The molecule has 0 radical (unpaired) electrons. The molecule has 114 heavy (non-hydrogen) atoms. The number of allylic oxidation sites excluding steroid dienone is 3. The number of morpholine rings is 1. The molecule has 0 saturated carbocycles. The van der Waals surface area contributed by atoms with E-state index in [1.165, 1.54) is 43.4 Å². The maximum atomic E-state index is 12.9. The highest BCUT2D eigenvalue weighted by Crippen LogP contribution is 2.51. The molecule has 0 N–H and O–H groups in total. The van der Waals surface area contributed by atoms with Crippen molar-refractivity contribution in [2.45, 2.75) is 67.4 Å². The number of halogens is 6. The van der Waals surface area contributed by atoms with E-state index in [-0.39, 0.29) is 53.8 Å². The Morgan fingerprint density at radius 1 is 0.553 bits per heavy atom. The summed E-state index contributed by atoms with van der Waals surface area (Å²) in [6.07, 6.45) is 7.33. The molecular formula is C88H76Cl6N8O8S4. The van der Waals surface area contributed by atoms with Gasteiger partial charge in [0.25, 0.3) is 0 Å². The van der Waals surface area contributed by atoms with Gasteiger partial charge in [0.1, 0.15) is 12.2 Å². The number of thioether (sulfide) groups is 4. The summed E-state index contributed by atoms with van der Waals surface area (Å²) in [6, 6.07) is 73.9. The van der Waals surface area contributed by atoms with E-state index < -0.39 is 13.6 Å². The number of benzene rings is 9. The molecule has 582 valence electrons. The van der Waals surface area contributed by atoms with Gasteiger partial charge in [0.15, 0.2) is 46.4 Å². The van der Waals surface area contributed by atoms with Gasteiger partial charge < -0.3 is 33.9 Å². The second-order valence-electron chi connectivity index (χ2n) is 25.6. The van der Waals surface area contributed by atoms with Crippen LogP contribution in [0.3, 0.4) is 0 Å². The van der Waals surface area contributed by atoms with E-state index in [4.69, 9.17) is 83.9 Å². The van der Waals surface area contributed by atoms with Gasteiger partial charge in [0.05, 0.1) is 45.4 Å². The summed E-state index contributed by atoms with van der Waals surface area (Å²) >= 11 is 41.3. The summed E-state index contributed by atoms with van der Waals surface area (Å²) < 4.78 is 7.00. The van der Waals surface area contributed by atoms with Crippen molar-refractivity contribution in [2.24, 2.45) is 5.16 Å². The number of ether oxygens (including phenoxy) is 2. The summed E-state index contributed by atoms with van der Waals surface area (Å²) in [6.45, 7) is 15.1. The lowest BCUT2D eigenvalue weighted by molar-refractivity contribution is -0.150. The van der Waals surface area contributed by atoms with Crippen LogP contribution in [0, 0.1) is 0 Å². The van der Waals surface area contributed by atoms with Crippen molar-refractivity contribution in [1.29, 1.82) is 0 Å². The first kappa shape index (κ1) is 84.3. The van der Waals surface area contributed by atoms with Crippen LogP contribution in [0.2, 0.25) is 0 Å². The normalized spacial score (nSPS) is 15.7. The molecule has 0 amide bonds. The number of rotatable bonds is 14. The van der Waals surface area contributed by atoms with Crippen LogP contribution >= 0.6 is 117 Å². The van der Waals surface area contributed by atoms with Crippen LogP contribution in [0.1, 0.15) is 103 Å². The average molecular weight is 1710 g/mol. The number of aromatic nitrogens is 3. The molecule has 26 heteroatoms. The number of oxime groups is 1. The van der Waals surface area contributed by atoms with Gasteiger partial charge >= 0.3 is 5.97 Å². The topological polar surface area (TPSA) is 177 Å². The van der Waals surface area contributed by atoms with E-state index in [9.17, 15) is 24.0 Å². The standard InChI is InChI=1S/C23H26N2O4S.C19H17NOS.C18H13NO2S.C17H15NOS.C11H5Cl6N3/c1-3-18-4-6-19(7-5-18)16-28-22(26)17-29-24-23(25-12-14-27-15-13-25)20-8-10-21(30-2)11-9-20;1-2-20-16-9-5-6-10-17(16)22-19(20)15-12-11-13-7-3-4-8-14(13)18(15)21;1-2-19-13-9-5-6-10-14(13)22-18(19)15-16(20)11-7-3-4-8-12(11)17(15)21;1-2-18-14-10-6-7-11-16(14)20-17(18)12-15(19)13-8-4-3-5-9-13;12-10(13,14)8-18-7(6-4-2-1-3-5-6)19-9(20-8)11(15,16)17/h3-11H,1,12-17H2,2H3;3-10H,2,11-12H2,1H3;3-10H,2H2,1H3;3-12H,2H2,1H3;1-5H/b24-23-;19-15-;;17-12-;. The Morgan fingerprint density at radius 3 is 1.61 bits per heavy atom. The van der Waals surface area contributed by atoms with Crippen molar-refractivity contribution in [3.63, 3.8) is 0 Å². The van der Waals surface area contributed by atoms with Gasteiger partial charge in [-0.1, -0.05) is 305 Å². The highest BCUT2D eigenvalue weighted by molar-refractivity contribution is 8.04. The van der Waals surface area contributed by atoms with Gasteiger partial charge in [-0.05, 0) is 105 Å². The van der Waals surface area contributed by atoms with Crippen molar-refractivity contribution >= 4 is 175 Å². The number of para-hydroxylation sites is 3. The van der Waals surface area contributed by atoms with Crippen LogP contribution in [0.15, 0.2) is 294 Å². The van der Waals surface area contributed by atoms with Gasteiger partial charge in [-0.2, -0.15) is 0 Å². The molecule has 1 aromatic heterocycles. The quantitative estimate of drug-likeness (QED) is 0.0115. The van der Waals surface area contributed by atoms with Crippen LogP contribution < -0.4 is 14.7 Å². The SMILES string of the molecule is C=Cc1ccc(COC(=O)CO/N=C(/c2ccc(SC)cc2)N2CCOCC2)cc1.CCN1/C(=C/C(=O)c2ccccc2)Sc2ccccc21.CCN1/C(=C2\CCc3ccccc3C2=O)Sc2ccccc21.CCN1C(=C2C(=O)c3ccccc3C2=O)Sc2ccccc21.ClC(Cl)(Cl)c1nc(-c2ccccc2)nc(C(Cl)(Cl)Cl)n1. The minimum absolute atomic E-state index is 0.0550. The third-order valence-corrected chi connectivity index (χ3v) is 23.7. The van der Waals surface area contributed by atoms with Crippen molar-refractivity contribution in [1.82, 2.24) is 19.9 Å². The summed E-state index contributed by atoms with van der Waals surface area (Å²) in [5.41, 5.74) is 12.1. The molecule has 16 rings (SSSR count). The number of alkyl halides is 6. The van der Waals surface area contributed by atoms with Gasteiger partial charge in [0.2, 0.25) is 14.2 Å². The third-order valence-electron chi connectivity index (χ3n) is 18.4. The number of carbonyl (C=O) groups excluding carboxylic acids is 5. The summed E-state index contributed by atoms with van der Waals surface area (Å²) in [7, 11) is 0. The number of anilines is 3. The lowest BCUT2D eigenvalue weighted by atomic mass is 9.87. The van der Waals surface area contributed by atoms with Crippen molar-refractivity contribution in [2.75, 3.05) is 73.5 Å². The fourth-order valence-electron chi connectivity index (χ4n) is 12.8. The Balaban J connectivity index is 0.000000133. The maximum Gasteiger partial charge on any atom is 0.347 e. The molecule has 9 aromatic carbocycles. The molecule has 0 spiro atoms. The molecule has 5 heterocycles. The van der Waals surface area contributed by atoms with Crippen LogP contribution in [-0.2, 0) is 39.7 Å². The first-order valence-electron chi connectivity index (χ1n) is 36.4. The van der Waals surface area contributed by atoms with Crippen LogP contribution in [-0.4, -0.2) is 114 Å². The smallest absolute Gasteiger partial charge is 0.347 e. The number of nitrogens with zero attached hydrogens (tertiary/aromatic N) is 8. The Hall–Kier alpha value is -9.13. The van der Waals surface area contributed by atoms with Gasteiger partial charge in [0, 0.05) is 97.3 Å². The largest absolute Gasteiger partial charge is 0.458 e. The maximum absolute atomic E-state index is 12.9. The van der Waals surface area contributed by atoms with Gasteiger partial charge in [-0.25, -0.2) is 19.7 Å². The number of hydrogen-bond acceptors (Lipinski definition) is 19. The molecule has 2 aliphatic carbocycles. The van der Waals surface area contributed by atoms with E-state index in [1.807, 2.05) is 165 Å². The zero-order valence-electron chi connectivity index (χ0n) is 62.3. The number of aryl methyl sites for hydroxylation is 1.